The maximum Gasteiger partial charge on any atom is 0.236 e. The zero-order valence-corrected chi connectivity index (χ0v) is 32.3. The zero-order chi connectivity index (χ0) is 38.3. The summed E-state index contributed by atoms with van der Waals surface area (Å²) in [6, 6.07) is 66.4. The highest BCUT2D eigenvalue weighted by Gasteiger charge is 2.27. The van der Waals surface area contributed by atoms with Gasteiger partial charge in [-0.05, 0) is 86.3 Å². The van der Waals surface area contributed by atoms with Crippen molar-refractivity contribution in [1.82, 2.24) is 19.1 Å². The molecule has 1 aliphatic carbocycles. The van der Waals surface area contributed by atoms with E-state index < -0.39 is 0 Å². The highest BCUT2D eigenvalue weighted by molar-refractivity contribution is 7.25. The standard InChI is InChI=1S/C54H30N4S/c1-2-15-34(16-3-1)57-44-29-27-31-12-4-5-17-35(31)48(44)40-28-26-33(30-45(40)57)52-51-41-18-6-7-25-46(41)59-53(51)56-54(55-52)58-42-23-10-21-38-36-19-8-13-32-14-9-20-37(47(32)36)39-22-11-24-43(58)50(39)49(38)42/h1-30H. The third kappa shape index (κ3) is 4.16. The lowest BCUT2D eigenvalue weighted by atomic mass is 9.93. The quantitative estimate of drug-likeness (QED) is 0.180. The van der Waals surface area contributed by atoms with E-state index in [1.165, 1.54) is 80.9 Å². The number of hydrogen-bond acceptors (Lipinski definition) is 3. The minimum atomic E-state index is 0.676. The smallest absolute Gasteiger partial charge is 0.236 e. The van der Waals surface area contributed by atoms with Gasteiger partial charge >= 0.3 is 0 Å². The Balaban J connectivity index is 1.10. The van der Waals surface area contributed by atoms with Gasteiger partial charge in [-0.2, -0.15) is 0 Å². The number of para-hydroxylation sites is 1. The Morgan fingerprint density at radius 3 is 1.76 bits per heavy atom. The average molecular weight is 767 g/mol. The second-order valence-electron chi connectivity index (χ2n) is 15.7. The van der Waals surface area contributed by atoms with E-state index in [1.54, 1.807) is 11.3 Å². The van der Waals surface area contributed by atoms with Gasteiger partial charge in [0, 0.05) is 48.3 Å². The summed E-state index contributed by atoms with van der Waals surface area (Å²) in [7, 11) is 0. The van der Waals surface area contributed by atoms with Crippen LogP contribution >= 0.6 is 11.3 Å². The van der Waals surface area contributed by atoms with E-state index in [0.717, 1.165) is 43.7 Å². The van der Waals surface area contributed by atoms with E-state index in [9.17, 15) is 0 Å². The van der Waals surface area contributed by atoms with E-state index in [4.69, 9.17) is 9.97 Å². The van der Waals surface area contributed by atoms with Crippen molar-refractivity contribution in [2.24, 2.45) is 0 Å². The van der Waals surface area contributed by atoms with Gasteiger partial charge in [-0.15, -0.1) is 11.3 Å². The van der Waals surface area contributed by atoms with Crippen LogP contribution in [0.1, 0.15) is 0 Å². The molecule has 0 saturated heterocycles. The second kappa shape index (κ2) is 11.5. The summed E-state index contributed by atoms with van der Waals surface area (Å²) in [6.07, 6.45) is 0. The average Bonchev–Trinajstić information content (AvgIpc) is 3.93. The molecule has 0 saturated carbocycles. The van der Waals surface area contributed by atoms with Gasteiger partial charge in [0.2, 0.25) is 5.95 Å². The first-order chi connectivity index (χ1) is 29.3. The molecule has 4 heterocycles. The van der Waals surface area contributed by atoms with Crippen molar-refractivity contribution in [3.63, 3.8) is 0 Å². The summed E-state index contributed by atoms with van der Waals surface area (Å²) in [5.74, 6) is 0.676. The lowest BCUT2D eigenvalue weighted by molar-refractivity contribution is 1.02. The first-order valence-electron chi connectivity index (χ1n) is 20.1. The van der Waals surface area contributed by atoms with Gasteiger partial charge in [0.15, 0.2) is 0 Å². The molecule has 0 bridgehead atoms. The van der Waals surface area contributed by atoms with Crippen LogP contribution in [-0.2, 0) is 0 Å². The number of nitrogens with zero attached hydrogens (tertiary/aromatic N) is 4. The molecule has 0 N–H and O–H groups in total. The molecule has 0 unspecified atom stereocenters. The molecule has 4 aromatic heterocycles. The highest BCUT2D eigenvalue weighted by atomic mass is 32.1. The highest BCUT2D eigenvalue weighted by Crippen LogP contribution is 2.50. The number of benzene rings is 9. The Morgan fingerprint density at radius 2 is 1.00 bits per heavy atom. The van der Waals surface area contributed by atoms with Gasteiger partial charge < -0.3 is 4.57 Å². The molecule has 59 heavy (non-hydrogen) atoms. The van der Waals surface area contributed by atoms with Crippen LogP contribution in [0.25, 0.3) is 131 Å². The molecule has 272 valence electrons. The first kappa shape index (κ1) is 31.5. The van der Waals surface area contributed by atoms with Crippen LogP contribution in [0.4, 0.5) is 0 Å². The maximum atomic E-state index is 5.68. The molecule has 0 amide bonds. The van der Waals surface area contributed by atoms with Crippen molar-refractivity contribution in [2.45, 2.75) is 0 Å². The molecule has 0 aliphatic heterocycles. The van der Waals surface area contributed by atoms with E-state index in [-0.39, 0.29) is 0 Å². The topological polar surface area (TPSA) is 35.6 Å². The fourth-order valence-electron chi connectivity index (χ4n) is 10.3. The normalized spacial score (nSPS) is 12.4. The summed E-state index contributed by atoms with van der Waals surface area (Å²) in [6.45, 7) is 0. The largest absolute Gasteiger partial charge is 0.309 e. The number of fused-ring (bicyclic) bond motifs is 10. The zero-order valence-electron chi connectivity index (χ0n) is 31.5. The van der Waals surface area contributed by atoms with Crippen LogP contribution in [0.5, 0.6) is 0 Å². The fraction of sp³-hybridized carbons (Fsp3) is 0. The molecule has 1 aliphatic rings. The molecule has 5 heteroatoms. The van der Waals surface area contributed by atoms with Crippen molar-refractivity contribution in [3.05, 3.63) is 182 Å². The van der Waals surface area contributed by atoms with Crippen LogP contribution in [0, 0.1) is 0 Å². The Bertz CT molecular complexity index is 3870. The third-order valence-corrected chi connectivity index (χ3v) is 13.7. The number of aromatic nitrogens is 4. The van der Waals surface area contributed by atoms with Crippen molar-refractivity contribution in [1.29, 1.82) is 0 Å². The maximum absolute atomic E-state index is 5.68. The van der Waals surface area contributed by atoms with E-state index in [1.807, 2.05) is 0 Å². The van der Waals surface area contributed by atoms with Gasteiger partial charge in [0.25, 0.3) is 0 Å². The van der Waals surface area contributed by atoms with Crippen molar-refractivity contribution >= 4 is 96.8 Å². The Kier molecular flexibility index (Phi) is 6.14. The fourth-order valence-corrected chi connectivity index (χ4v) is 11.3. The molecule has 9 aromatic carbocycles. The summed E-state index contributed by atoms with van der Waals surface area (Å²) < 4.78 is 5.93. The van der Waals surface area contributed by atoms with E-state index >= 15 is 0 Å². The van der Waals surface area contributed by atoms with Gasteiger partial charge in [0.05, 0.1) is 27.8 Å². The Labute approximate surface area is 341 Å². The van der Waals surface area contributed by atoms with E-state index in [0.29, 0.717) is 5.95 Å². The summed E-state index contributed by atoms with van der Waals surface area (Å²) in [5.41, 5.74) is 12.7. The predicted molar refractivity (Wildman–Crippen MR) is 248 cm³/mol. The van der Waals surface area contributed by atoms with Crippen LogP contribution in [-0.4, -0.2) is 19.1 Å². The minimum absolute atomic E-state index is 0.676. The SMILES string of the molecule is c1ccc(-n2c3cc(-c4nc(-n5c6cccc7c6c6c(cccc65)-c5cccc6cccc-7c56)nc5sc6ccccc6c45)ccc3c3c4ccccc4ccc32)cc1. The second-order valence-corrected chi connectivity index (χ2v) is 16.7. The van der Waals surface area contributed by atoms with Gasteiger partial charge in [-0.25, -0.2) is 9.97 Å². The minimum Gasteiger partial charge on any atom is -0.309 e. The predicted octanol–water partition coefficient (Wildman–Crippen LogP) is 14.7. The molecule has 13 aromatic rings. The molecule has 0 radical (unpaired) electrons. The van der Waals surface area contributed by atoms with E-state index in [2.05, 4.69) is 191 Å². The van der Waals surface area contributed by atoms with Crippen LogP contribution in [0.2, 0.25) is 0 Å². The van der Waals surface area contributed by atoms with Crippen LogP contribution in [0.15, 0.2) is 182 Å². The number of thiophene rings is 1. The van der Waals surface area contributed by atoms with Crippen molar-refractivity contribution in [2.75, 3.05) is 0 Å². The van der Waals surface area contributed by atoms with Gasteiger partial charge in [0.1, 0.15) is 4.83 Å². The van der Waals surface area contributed by atoms with Gasteiger partial charge in [-0.1, -0.05) is 140 Å². The lowest BCUT2D eigenvalue weighted by Crippen LogP contribution is -2.03. The van der Waals surface area contributed by atoms with Gasteiger partial charge in [-0.3, -0.25) is 4.57 Å². The molecular formula is C54H30N4S. The molecular weight excluding hydrogens is 737 g/mol. The summed E-state index contributed by atoms with van der Waals surface area (Å²) in [5, 5.41) is 12.3. The van der Waals surface area contributed by atoms with Crippen LogP contribution < -0.4 is 0 Å². The number of rotatable bonds is 3. The lowest BCUT2D eigenvalue weighted by Gasteiger charge is -2.14. The molecule has 4 nitrogen and oxygen atoms in total. The Hall–Kier alpha value is -7.60. The first-order valence-corrected chi connectivity index (χ1v) is 20.9. The third-order valence-electron chi connectivity index (χ3n) is 12.7. The molecule has 0 spiro atoms. The van der Waals surface area contributed by atoms with Crippen molar-refractivity contribution < 1.29 is 0 Å². The Morgan fingerprint density at radius 1 is 0.373 bits per heavy atom. The summed E-state index contributed by atoms with van der Waals surface area (Å²) in [4.78, 5) is 12.2. The van der Waals surface area contributed by atoms with Crippen LogP contribution in [0.3, 0.4) is 0 Å². The summed E-state index contributed by atoms with van der Waals surface area (Å²) >= 11 is 1.74. The molecule has 0 atom stereocenters. The van der Waals surface area contributed by atoms with Crippen molar-refractivity contribution in [3.8, 4) is 45.1 Å². The monoisotopic (exact) mass is 766 g/mol. The number of hydrogen-bond donors (Lipinski definition) is 0. The molecule has 0 fully saturated rings. The molecule has 14 rings (SSSR count).